The summed E-state index contributed by atoms with van der Waals surface area (Å²) in [5, 5.41) is 0.969. The lowest BCUT2D eigenvalue weighted by Gasteiger charge is -2.25. The molecular weight excluding hydrogens is 466 g/mol. The lowest BCUT2D eigenvalue weighted by Crippen LogP contribution is -2.09. The second kappa shape index (κ2) is 10.3. The van der Waals surface area contributed by atoms with Gasteiger partial charge in [-0.3, -0.25) is 4.79 Å². The van der Waals surface area contributed by atoms with Gasteiger partial charge in [-0.1, -0.05) is 72.5 Å². The molecule has 0 aliphatic heterocycles. The second-order valence-corrected chi connectivity index (χ2v) is 8.91. The number of anilines is 3. The van der Waals surface area contributed by atoms with Gasteiger partial charge in [-0.2, -0.15) is 0 Å². The molecule has 0 unspecified atom stereocenters. The first-order chi connectivity index (χ1) is 18.8. The molecule has 0 spiro atoms. The van der Waals surface area contributed by atoms with Crippen LogP contribution in [0.4, 0.5) is 17.1 Å². The summed E-state index contributed by atoms with van der Waals surface area (Å²) in [4.78, 5) is 13.3. The second-order valence-electron chi connectivity index (χ2n) is 8.91. The van der Waals surface area contributed by atoms with Crippen molar-refractivity contribution in [1.29, 1.82) is 0 Å². The molecule has 3 heteroatoms. The van der Waals surface area contributed by atoms with Gasteiger partial charge in [0.2, 0.25) is 0 Å². The molecule has 0 aliphatic carbocycles. The molecule has 5 aromatic carbocycles. The van der Waals surface area contributed by atoms with Gasteiger partial charge >= 0.3 is 0 Å². The Morgan fingerprint density at radius 3 is 1.71 bits per heavy atom. The monoisotopic (exact) mass is 489 g/mol. The van der Waals surface area contributed by atoms with Crippen molar-refractivity contribution >= 4 is 34.3 Å². The topological polar surface area (TPSA) is 33.5 Å². The van der Waals surface area contributed by atoms with Gasteiger partial charge in [-0.15, -0.1) is 0 Å². The number of para-hydroxylation sites is 2. The smallest absolute Gasteiger partial charge is 0.150 e. The Morgan fingerprint density at radius 2 is 1.13 bits per heavy atom. The largest absolute Gasteiger partial charge is 0.456 e. The van der Waals surface area contributed by atoms with Crippen LogP contribution in [0.25, 0.3) is 22.3 Å². The molecule has 0 saturated heterocycles. The highest BCUT2D eigenvalue weighted by Gasteiger charge is 2.11. The fourth-order valence-corrected chi connectivity index (χ4v) is 4.42. The molecule has 1 aromatic heterocycles. The summed E-state index contributed by atoms with van der Waals surface area (Å²) < 4.78 is 5.96. The molecule has 6 aromatic rings. The summed E-state index contributed by atoms with van der Waals surface area (Å²) in [7, 11) is 0. The van der Waals surface area contributed by atoms with Crippen LogP contribution in [-0.2, 0) is 0 Å². The fourth-order valence-electron chi connectivity index (χ4n) is 4.42. The summed E-state index contributed by atoms with van der Waals surface area (Å²) in [6.45, 7) is 0. The first-order valence-corrected chi connectivity index (χ1v) is 12.4. The summed E-state index contributed by atoms with van der Waals surface area (Å²) in [5.41, 5.74) is 7.42. The molecule has 3 nitrogen and oxygen atoms in total. The molecule has 0 bridgehead atoms. The van der Waals surface area contributed by atoms with Crippen molar-refractivity contribution in [3.8, 4) is 23.2 Å². The van der Waals surface area contributed by atoms with Crippen LogP contribution in [0.5, 0.6) is 0 Å². The van der Waals surface area contributed by atoms with Crippen molar-refractivity contribution in [2.45, 2.75) is 0 Å². The third-order valence-electron chi connectivity index (χ3n) is 6.36. The number of carbonyl (C=O) groups excluding carboxylic acids is 1. The molecule has 0 N–H and O–H groups in total. The van der Waals surface area contributed by atoms with E-state index < -0.39 is 0 Å². The van der Waals surface area contributed by atoms with Crippen LogP contribution >= 0.6 is 0 Å². The third kappa shape index (κ3) is 4.84. The van der Waals surface area contributed by atoms with Crippen LogP contribution in [0.15, 0.2) is 138 Å². The zero-order valence-electron chi connectivity index (χ0n) is 20.5. The van der Waals surface area contributed by atoms with E-state index in [1.54, 1.807) is 12.1 Å². The van der Waals surface area contributed by atoms with E-state index in [-0.39, 0.29) is 0 Å². The number of hydrogen-bond donors (Lipinski definition) is 0. The molecule has 1 heterocycles. The van der Waals surface area contributed by atoms with Crippen LogP contribution in [0.3, 0.4) is 0 Å². The minimum atomic E-state index is 0.602. The Balaban J connectivity index is 1.22. The maximum absolute atomic E-state index is 11.0. The van der Waals surface area contributed by atoms with Crippen LogP contribution in [0.2, 0.25) is 0 Å². The molecule has 0 radical (unpaired) electrons. The maximum Gasteiger partial charge on any atom is 0.150 e. The number of carbonyl (C=O) groups is 1. The molecule has 0 aliphatic rings. The number of benzene rings is 5. The lowest BCUT2D eigenvalue weighted by molar-refractivity contribution is 0.112. The van der Waals surface area contributed by atoms with Gasteiger partial charge in [0.25, 0.3) is 0 Å². The SMILES string of the molecule is O=Cc1ccc2cc(-c3ccc(C#Cc4ccc(N(c5ccccc5)c5ccccc5)cc4)cc3)oc2c1. The van der Waals surface area contributed by atoms with Crippen molar-refractivity contribution in [3.63, 3.8) is 0 Å². The highest BCUT2D eigenvalue weighted by molar-refractivity contribution is 5.88. The molecule has 0 fully saturated rings. The Morgan fingerprint density at radius 1 is 0.579 bits per heavy atom. The van der Waals surface area contributed by atoms with Crippen LogP contribution in [0, 0.1) is 11.8 Å². The highest BCUT2D eigenvalue weighted by atomic mass is 16.3. The van der Waals surface area contributed by atoms with E-state index in [2.05, 4.69) is 65.3 Å². The minimum absolute atomic E-state index is 0.602. The van der Waals surface area contributed by atoms with E-state index in [9.17, 15) is 4.79 Å². The maximum atomic E-state index is 11.0. The standard InChI is InChI=1S/C35H23NO2/c37-25-28-15-20-30-24-35(38-34(30)23-28)29-18-13-26(14-19-29)11-12-27-16-21-33(22-17-27)36(31-7-3-1-4-8-31)32-9-5-2-6-10-32/h1-10,13-25H. The Hall–Kier alpha value is -5.33. The zero-order chi connectivity index (χ0) is 25.7. The summed E-state index contributed by atoms with van der Waals surface area (Å²) >= 11 is 0. The van der Waals surface area contributed by atoms with Gasteiger partial charge in [0.1, 0.15) is 17.6 Å². The molecule has 0 atom stereocenters. The van der Waals surface area contributed by atoms with E-state index in [4.69, 9.17) is 4.42 Å². The molecule has 0 saturated carbocycles. The van der Waals surface area contributed by atoms with Crippen molar-refractivity contribution in [1.82, 2.24) is 0 Å². The van der Waals surface area contributed by atoms with Crippen LogP contribution in [0.1, 0.15) is 21.5 Å². The molecule has 6 rings (SSSR count). The number of rotatable bonds is 5. The molecular formula is C35H23NO2. The van der Waals surface area contributed by atoms with Crippen LogP contribution in [-0.4, -0.2) is 6.29 Å². The van der Waals surface area contributed by atoms with Gasteiger partial charge in [0.15, 0.2) is 0 Å². The Kier molecular flexibility index (Phi) is 6.28. The van der Waals surface area contributed by atoms with Gasteiger partial charge in [-0.05, 0) is 72.8 Å². The normalized spacial score (nSPS) is 10.5. The first kappa shape index (κ1) is 23.1. The summed E-state index contributed by atoms with van der Waals surface area (Å²) in [6.07, 6.45) is 0.825. The van der Waals surface area contributed by atoms with Crippen molar-refractivity contribution in [2.24, 2.45) is 0 Å². The van der Waals surface area contributed by atoms with Gasteiger partial charge in [0, 0.05) is 44.7 Å². The van der Waals surface area contributed by atoms with Crippen molar-refractivity contribution in [3.05, 3.63) is 150 Å². The molecule has 0 amide bonds. The van der Waals surface area contributed by atoms with Crippen molar-refractivity contribution < 1.29 is 9.21 Å². The van der Waals surface area contributed by atoms with Gasteiger partial charge in [0.05, 0.1) is 0 Å². The summed E-state index contributed by atoms with van der Waals surface area (Å²) in [5.74, 6) is 7.30. The van der Waals surface area contributed by atoms with Gasteiger partial charge < -0.3 is 9.32 Å². The predicted molar refractivity (Wildman–Crippen MR) is 154 cm³/mol. The first-order valence-electron chi connectivity index (χ1n) is 12.4. The molecule has 38 heavy (non-hydrogen) atoms. The van der Waals surface area contributed by atoms with Crippen molar-refractivity contribution in [2.75, 3.05) is 4.90 Å². The summed E-state index contributed by atoms with van der Waals surface area (Å²) in [6, 6.07) is 44.4. The lowest BCUT2D eigenvalue weighted by atomic mass is 10.1. The predicted octanol–water partition coefficient (Wildman–Crippen LogP) is 8.78. The fraction of sp³-hybridized carbons (Fsp3) is 0. The van der Waals surface area contributed by atoms with E-state index >= 15 is 0 Å². The Labute approximate surface area is 221 Å². The number of aldehydes is 1. The highest BCUT2D eigenvalue weighted by Crippen LogP contribution is 2.34. The molecule has 180 valence electrons. The minimum Gasteiger partial charge on any atom is -0.456 e. The van der Waals surface area contributed by atoms with Gasteiger partial charge in [-0.25, -0.2) is 0 Å². The van der Waals surface area contributed by atoms with E-state index in [1.165, 1.54) is 0 Å². The van der Waals surface area contributed by atoms with Crippen LogP contribution < -0.4 is 4.90 Å². The van der Waals surface area contributed by atoms with E-state index in [1.807, 2.05) is 72.8 Å². The third-order valence-corrected chi connectivity index (χ3v) is 6.36. The van der Waals surface area contributed by atoms with E-state index in [0.717, 1.165) is 51.2 Å². The zero-order valence-corrected chi connectivity index (χ0v) is 20.5. The average Bonchev–Trinajstić information content (AvgIpc) is 3.42. The number of hydrogen-bond acceptors (Lipinski definition) is 3. The number of furan rings is 1. The number of nitrogens with zero attached hydrogens (tertiary/aromatic N) is 1. The number of fused-ring (bicyclic) bond motifs is 1. The average molecular weight is 490 g/mol. The quantitative estimate of drug-likeness (QED) is 0.179. The Bertz CT molecular complexity index is 1720. The van der Waals surface area contributed by atoms with E-state index in [0.29, 0.717) is 11.1 Å².